The maximum Gasteiger partial charge on any atom is 0.217 e. The Kier molecular flexibility index (Phi) is 6.20. The van der Waals surface area contributed by atoms with Crippen molar-refractivity contribution in [2.75, 3.05) is 0 Å². The molecule has 4 atom stereocenters. The van der Waals surface area contributed by atoms with Crippen LogP contribution >= 0.6 is 22.6 Å². The topological polar surface area (TPSA) is 89.3 Å². The fourth-order valence-corrected chi connectivity index (χ4v) is 2.90. The molecule has 1 saturated carbocycles. The standard InChI is InChI=1S/C12H19IN2O3/c1-7-2-4-9(12(18)11(7)13)15-8(6-16)3-5-10(14)17/h6-9,11,15H,2-5H2,1H3,(H2,14,17). The molecule has 1 rings (SSSR count). The summed E-state index contributed by atoms with van der Waals surface area (Å²) in [7, 11) is 0. The highest BCUT2D eigenvalue weighted by molar-refractivity contribution is 14.1. The van der Waals surface area contributed by atoms with Gasteiger partial charge in [0.25, 0.3) is 0 Å². The van der Waals surface area contributed by atoms with Crippen LogP contribution in [0.2, 0.25) is 0 Å². The third-order valence-electron chi connectivity index (χ3n) is 3.31. The Morgan fingerprint density at radius 3 is 2.83 bits per heavy atom. The average Bonchev–Trinajstić information content (AvgIpc) is 2.34. The summed E-state index contributed by atoms with van der Waals surface area (Å²) in [5.41, 5.74) is 5.05. The van der Waals surface area contributed by atoms with Gasteiger partial charge in [-0.25, -0.2) is 0 Å². The molecular formula is C12H19IN2O3. The van der Waals surface area contributed by atoms with Gasteiger partial charge in [0.15, 0.2) is 5.78 Å². The number of rotatable bonds is 6. The van der Waals surface area contributed by atoms with E-state index in [2.05, 4.69) is 34.8 Å². The molecule has 1 fully saturated rings. The normalized spacial score (nSPS) is 29.9. The van der Waals surface area contributed by atoms with Crippen molar-refractivity contribution in [3.8, 4) is 0 Å². The highest BCUT2D eigenvalue weighted by Gasteiger charge is 2.34. The van der Waals surface area contributed by atoms with Crippen molar-refractivity contribution < 1.29 is 14.4 Å². The van der Waals surface area contributed by atoms with E-state index < -0.39 is 11.9 Å². The van der Waals surface area contributed by atoms with Crippen LogP contribution in [0.3, 0.4) is 0 Å². The fourth-order valence-electron chi connectivity index (χ4n) is 2.10. The smallest absolute Gasteiger partial charge is 0.217 e. The number of Topliss-reactive ketones (excluding diaryl/α,β-unsaturated/α-hetero) is 1. The van der Waals surface area contributed by atoms with Crippen LogP contribution in [0.1, 0.15) is 32.6 Å². The first-order chi connectivity index (χ1) is 8.45. The Hall–Kier alpha value is -0.500. The summed E-state index contributed by atoms with van der Waals surface area (Å²) in [6.07, 6.45) is 2.97. The second-order valence-electron chi connectivity index (χ2n) is 4.83. The number of carbonyl (C=O) groups is 3. The molecule has 0 aromatic rings. The predicted molar refractivity (Wildman–Crippen MR) is 76.4 cm³/mol. The third kappa shape index (κ3) is 4.31. The number of alkyl halides is 1. The number of nitrogens with one attached hydrogen (secondary N) is 1. The molecule has 6 heteroatoms. The first kappa shape index (κ1) is 15.6. The maximum atomic E-state index is 12.0. The van der Waals surface area contributed by atoms with Crippen LogP contribution in [0.25, 0.3) is 0 Å². The predicted octanol–water partition coefficient (Wildman–Crippen LogP) is 0.580. The summed E-state index contributed by atoms with van der Waals surface area (Å²) in [5, 5.41) is 3.03. The van der Waals surface area contributed by atoms with Gasteiger partial charge in [0.2, 0.25) is 5.91 Å². The summed E-state index contributed by atoms with van der Waals surface area (Å²) in [6, 6.07) is -0.741. The Bertz CT molecular complexity index is 335. The number of amides is 1. The van der Waals surface area contributed by atoms with Crippen molar-refractivity contribution in [2.45, 2.75) is 48.6 Å². The minimum absolute atomic E-state index is 0.00251. The van der Waals surface area contributed by atoms with E-state index in [0.29, 0.717) is 12.3 Å². The molecule has 0 aliphatic heterocycles. The zero-order chi connectivity index (χ0) is 13.7. The number of halogens is 1. The quantitative estimate of drug-likeness (QED) is 0.409. The lowest BCUT2D eigenvalue weighted by Gasteiger charge is -2.31. The molecule has 0 aromatic heterocycles. The summed E-state index contributed by atoms with van der Waals surface area (Å²) in [6.45, 7) is 2.07. The number of nitrogens with two attached hydrogens (primary N) is 1. The van der Waals surface area contributed by atoms with Gasteiger partial charge in [-0.1, -0.05) is 29.5 Å². The van der Waals surface area contributed by atoms with Gasteiger partial charge in [-0.2, -0.15) is 0 Å². The molecular weight excluding hydrogens is 347 g/mol. The molecule has 0 bridgehead atoms. The number of aldehydes is 1. The second-order valence-corrected chi connectivity index (χ2v) is 6.17. The zero-order valence-corrected chi connectivity index (χ0v) is 12.6. The molecule has 1 aliphatic rings. The Morgan fingerprint density at radius 1 is 1.61 bits per heavy atom. The Balaban J connectivity index is 2.51. The van der Waals surface area contributed by atoms with E-state index in [-0.39, 0.29) is 22.2 Å². The van der Waals surface area contributed by atoms with E-state index in [0.717, 1.165) is 19.1 Å². The van der Waals surface area contributed by atoms with E-state index in [1.165, 1.54) is 0 Å². The zero-order valence-electron chi connectivity index (χ0n) is 10.4. The number of carbonyl (C=O) groups excluding carboxylic acids is 3. The van der Waals surface area contributed by atoms with Crippen LogP contribution in [0.4, 0.5) is 0 Å². The number of hydrogen-bond donors (Lipinski definition) is 2. The minimum Gasteiger partial charge on any atom is -0.370 e. The van der Waals surface area contributed by atoms with Crippen molar-refractivity contribution in [3.63, 3.8) is 0 Å². The van der Waals surface area contributed by atoms with Gasteiger partial charge in [0.05, 0.1) is 16.0 Å². The van der Waals surface area contributed by atoms with E-state index >= 15 is 0 Å². The van der Waals surface area contributed by atoms with E-state index in [4.69, 9.17) is 5.73 Å². The molecule has 1 aliphatic carbocycles. The van der Waals surface area contributed by atoms with Gasteiger partial charge in [0.1, 0.15) is 6.29 Å². The van der Waals surface area contributed by atoms with Crippen molar-refractivity contribution in [1.29, 1.82) is 0 Å². The summed E-state index contributed by atoms with van der Waals surface area (Å²) in [4.78, 5) is 33.6. The van der Waals surface area contributed by atoms with Crippen LogP contribution in [-0.2, 0) is 14.4 Å². The van der Waals surface area contributed by atoms with Crippen molar-refractivity contribution >= 4 is 40.6 Å². The highest BCUT2D eigenvalue weighted by Crippen LogP contribution is 2.27. The van der Waals surface area contributed by atoms with Gasteiger partial charge >= 0.3 is 0 Å². The lowest BCUT2D eigenvalue weighted by molar-refractivity contribution is -0.123. The molecule has 4 unspecified atom stereocenters. The van der Waals surface area contributed by atoms with Crippen molar-refractivity contribution in [2.24, 2.45) is 11.7 Å². The average molecular weight is 366 g/mol. The van der Waals surface area contributed by atoms with Crippen LogP contribution < -0.4 is 11.1 Å². The minimum atomic E-state index is -0.469. The Labute approximate surface area is 120 Å². The molecule has 1 amide bonds. The molecule has 0 heterocycles. The SMILES string of the molecule is CC1CCC(NC(C=O)CCC(N)=O)C(=O)C1I. The van der Waals surface area contributed by atoms with E-state index in [9.17, 15) is 14.4 Å². The molecule has 0 aromatic carbocycles. The van der Waals surface area contributed by atoms with Crippen molar-refractivity contribution in [1.82, 2.24) is 5.32 Å². The molecule has 0 spiro atoms. The first-order valence-electron chi connectivity index (χ1n) is 6.13. The number of ketones is 1. The third-order valence-corrected chi connectivity index (χ3v) is 5.15. The molecule has 3 N–H and O–H groups in total. The number of hydrogen-bond acceptors (Lipinski definition) is 4. The number of primary amides is 1. The summed E-state index contributed by atoms with van der Waals surface area (Å²) >= 11 is 2.16. The van der Waals surface area contributed by atoms with Crippen molar-refractivity contribution in [3.05, 3.63) is 0 Å². The van der Waals surface area contributed by atoms with Gasteiger partial charge < -0.3 is 10.5 Å². The summed E-state index contributed by atoms with van der Waals surface area (Å²) < 4.78 is -0.00251. The largest absolute Gasteiger partial charge is 0.370 e. The second kappa shape index (κ2) is 7.18. The molecule has 18 heavy (non-hydrogen) atoms. The highest BCUT2D eigenvalue weighted by atomic mass is 127. The molecule has 0 saturated heterocycles. The van der Waals surface area contributed by atoms with E-state index in [1.54, 1.807) is 0 Å². The van der Waals surface area contributed by atoms with Gasteiger partial charge in [-0.3, -0.25) is 14.9 Å². The lowest BCUT2D eigenvalue weighted by atomic mass is 9.86. The van der Waals surface area contributed by atoms with Crippen LogP contribution in [0.15, 0.2) is 0 Å². The van der Waals surface area contributed by atoms with Crippen LogP contribution in [-0.4, -0.2) is 34.0 Å². The maximum absolute atomic E-state index is 12.0. The summed E-state index contributed by atoms with van der Waals surface area (Å²) in [5.74, 6) is 0.107. The first-order valence-corrected chi connectivity index (χ1v) is 7.37. The van der Waals surface area contributed by atoms with E-state index in [1.807, 2.05) is 0 Å². The molecule has 102 valence electrons. The monoisotopic (exact) mass is 366 g/mol. The van der Waals surface area contributed by atoms with Gasteiger partial charge in [-0.05, 0) is 25.2 Å². The van der Waals surface area contributed by atoms with Crippen LogP contribution in [0, 0.1) is 5.92 Å². The van der Waals surface area contributed by atoms with Gasteiger partial charge in [-0.15, -0.1) is 0 Å². The molecule has 0 radical (unpaired) electrons. The Morgan fingerprint density at radius 2 is 2.28 bits per heavy atom. The van der Waals surface area contributed by atoms with Crippen LogP contribution in [0.5, 0.6) is 0 Å². The fraction of sp³-hybridized carbons (Fsp3) is 0.750. The van der Waals surface area contributed by atoms with Gasteiger partial charge in [0, 0.05) is 6.42 Å². The lowest BCUT2D eigenvalue weighted by Crippen LogP contribution is -2.50. The molecule has 5 nitrogen and oxygen atoms in total.